The Balaban J connectivity index is 1.24. The fourth-order valence-corrected chi connectivity index (χ4v) is 7.34. The molecule has 1 aliphatic heterocycles. The summed E-state index contributed by atoms with van der Waals surface area (Å²) in [6.07, 6.45) is 4.33. The number of hydrogen-bond acceptors (Lipinski definition) is 6. The molecule has 8 rings (SSSR count). The Kier molecular flexibility index (Phi) is 6.29. The Morgan fingerprint density at radius 2 is 1.93 bits per heavy atom. The van der Waals surface area contributed by atoms with Gasteiger partial charge in [-0.25, -0.2) is 14.4 Å². The van der Waals surface area contributed by atoms with Gasteiger partial charge in [-0.1, -0.05) is 6.07 Å². The second-order valence-electron chi connectivity index (χ2n) is 12.6. The molecule has 44 heavy (non-hydrogen) atoms. The second-order valence-corrected chi connectivity index (χ2v) is 12.6. The number of aromatic nitrogens is 4. The van der Waals surface area contributed by atoms with Crippen LogP contribution in [0.1, 0.15) is 41.6 Å². The van der Waals surface area contributed by atoms with Crippen molar-refractivity contribution in [3.63, 3.8) is 0 Å². The van der Waals surface area contributed by atoms with Crippen LogP contribution >= 0.6 is 0 Å². The highest BCUT2D eigenvalue weighted by Crippen LogP contribution is 2.40. The third-order valence-corrected chi connectivity index (χ3v) is 9.92. The van der Waals surface area contributed by atoms with Gasteiger partial charge in [0, 0.05) is 48.7 Å². The van der Waals surface area contributed by atoms with E-state index in [1.54, 1.807) is 19.2 Å². The number of carbonyl (C=O) groups is 1. The van der Waals surface area contributed by atoms with Crippen LogP contribution in [0.4, 0.5) is 4.39 Å². The van der Waals surface area contributed by atoms with Crippen LogP contribution in [0.5, 0.6) is 5.75 Å². The molecule has 2 bridgehead atoms. The summed E-state index contributed by atoms with van der Waals surface area (Å²) in [5.41, 5.74) is 11.6. The van der Waals surface area contributed by atoms with E-state index in [4.69, 9.17) is 20.4 Å². The van der Waals surface area contributed by atoms with Gasteiger partial charge < -0.3 is 29.6 Å². The normalized spacial score (nSPS) is 21.2. The fraction of sp³-hybridized carbons (Fsp3) is 0.382. The van der Waals surface area contributed by atoms with E-state index < -0.39 is 0 Å². The van der Waals surface area contributed by atoms with Crippen LogP contribution in [0.15, 0.2) is 48.5 Å². The summed E-state index contributed by atoms with van der Waals surface area (Å²) >= 11 is 0. The molecule has 1 saturated heterocycles. The molecule has 1 amide bonds. The zero-order valence-corrected chi connectivity index (χ0v) is 24.8. The number of imidazole rings is 1. The van der Waals surface area contributed by atoms with Gasteiger partial charge in [0.25, 0.3) is 5.91 Å². The monoisotopic (exact) mass is 594 g/mol. The number of rotatable bonds is 7. The molecule has 226 valence electrons. The van der Waals surface area contributed by atoms with Crippen molar-refractivity contribution in [1.82, 2.24) is 24.0 Å². The molecule has 3 aliphatic rings. The topological polar surface area (TPSA) is 111 Å². The number of piperidine rings is 1. The largest absolute Gasteiger partial charge is 0.494 e. The first-order chi connectivity index (χ1) is 21.3. The maximum atomic E-state index is 14.9. The maximum Gasteiger partial charge on any atom is 0.254 e. The number of nitrogens with two attached hydrogens (primary N) is 1. The number of fused-ring (bicyclic) bond motifs is 4. The summed E-state index contributed by atoms with van der Waals surface area (Å²) in [6.45, 7) is 1.30. The van der Waals surface area contributed by atoms with Gasteiger partial charge in [0.2, 0.25) is 0 Å². The van der Waals surface area contributed by atoms with E-state index in [9.17, 15) is 14.3 Å². The van der Waals surface area contributed by atoms with E-state index in [1.165, 1.54) is 6.07 Å². The quantitative estimate of drug-likeness (QED) is 0.278. The highest BCUT2D eigenvalue weighted by molar-refractivity contribution is 6.00. The number of carbonyl (C=O) groups excluding carboxylic acids is 1. The van der Waals surface area contributed by atoms with E-state index in [0.717, 1.165) is 60.3 Å². The van der Waals surface area contributed by atoms with Crippen LogP contribution in [-0.4, -0.2) is 60.8 Å². The molecule has 0 spiro atoms. The van der Waals surface area contributed by atoms with Crippen molar-refractivity contribution in [2.45, 2.75) is 50.9 Å². The van der Waals surface area contributed by atoms with Crippen LogP contribution in [0.25, 0.3) is 44.8 Å². The Labute approximate surface area is 254 Å². The van der Waals surface area contributed by atoms with Crippen molar-refractivity contribution >= 4 is 28.0 Å². The average molecular weight is 595 g/mol. The summed E-state index contributed by atoms with van der Waals surface area (Å²) in [5, 5.41) is 10.6. The molecule has 3 N–H and O–H groups in total. The number of pyridine rings is 1. The molecule has 9 nitrogen and oxygen atoms in total. The number of methoxy groups -OCH3 is 1. The van der Waals surface area contributed by atoms with E-state index in [2.05, 4.69) is 10.6 Å². The third-order valence-electron chi connectivity index (χ3n) is 9.92. The molecule has 0 radical (unpaired) electrons. The lowest BCUT2D eigenvalue weighted by molar-refractivity contribution is 0.0700. The SMILES string of the molecule is COc1cc(C(=O)N2C[C@H]3CC[C@@H]2[C@@H]3N)cc2nc(-c3cc4ccc(-c5cc(CO)ccc5F)nc4n3CC3CC3)n(C)c12. The molecule has 3 atom stereocenters. The van der Waals surface area contributed by atoms with E-state index in [0.29, 0.717) is 52.0 Å². The molecule has 4 heterocycles. The Morgan fingerprint density at radius 3 is 2.64 bits per heavy atom. The highest BCUT2D eigenvalue weighted by Gasteiger charge is 2.47. The van der Waals surface area contributed by atoms with Crippen molar-refractivity contribution in [2.75, 3.05) is 13.7 Å². The predicted octanol–water partition coefficient (Wildman–Crippen LogP) is 4.87. The summed E-state index contributed by atoms with van der Waals surface area (Å²) in [6, 6.07) is 14.3. The Morgan fingerprint density at radius 1 is 1.09 bits per heavy atom. The number of likely N-dealkylation sites (tertiary alicyclic amines) is 1. The molecule has 2 saturated carbocycles. The fourth-order valence-electron chi connectivity index (χ4n) is 7.34. The minimum absolute atomic E-state index is 0.0304. The first-order valence-electron chi connectivity index (χ1n) is 15.4. The lowest BCUT2D eigenvalue weighted by Gasteiger charge is -2.27. The molecule has 0 unspecified atom stereocenters. The average Bonchev–Trinajstić information content (AvgIpc) is 3.44. The van der Waals surface area contributed by atoms with Gasteiger partial charge in [-0.3, -0.25) is 4.79 Å². The molecular formula is C34H35FN6O3. The van der Waals surface area contributed by atoms with Crippen molar-refractivity contribution in [3.8, 4) is 28.5 Å². The molecular weight excluding hydrogens is 559 g/mol. The summed E-state index contributed by atoms with van der Waals surface area (Å²) in [7, 11) is 3.57. The van der Waals surface area contributed by atoms with Crippen molar-refractivity contribution in [3.05, 3.63) is 65.5 Å². The van der Waals surface area contributed by atoms with Gasteiger partial charge in [0.05, 0.1) is 30.6 Å². The lowest BCUT2D eigenvalue weighted by Crippen LogP contribution is -2.41. The number of aliphatic hydroxyl groups excluding tert-OH is 1. The van der Waals surface area contributed by atoms with Crippen molar-refractivity contribution in [2.24, 2.45) is 24.6 Å². The van der Waals surface area contributed by atoms with Crippen molar-refractivity contribution in [1.29, 1.82) is 0 Å². The number of hydrogen-bond donors (Lipinski definition) is 2. The molecule has 3 fully saturated rings. The summed E-state index contributed by atoms with van der Waals surface area (Å²) in [4.78, 5) is 25.7. The van der Waals surface area contributed by atoms with Crippen LogP contribution in [0, 0.1) is 17.7 Å². The number of benzene rings is 2. The number of aliphatic hydroxyl groups is 1. The van der Waals surface area contributed by atoms with Gasteiger partial charge in [-0.15, -0.1) is 0 Å². The molecule has 5 aromatic rings. The number of amides is 1. The van der Waals surface area contributed by atoms with E-state index in [1.807, 2.05) is 40.8 Å². The van der Waals surface area contributed by atoms with Crippen LogP contribution in [0.2, 0.25) is 0 Å². The minimum Gasteiger partial charge on any atom is -0.494 e. The lowest BCUT2D eigenvalue weighted by atomic mass is 10.1. The molecule has 2 aliphatic carbocycles. The van der Waals surface area contributed by atoms with E-state index >= 15 is 0 Å². The van der Waals surface area contributed by atoms with Crippen molar-refractivity contribution < 1.29 is 19.0 Å². The van der Waals surface area contributed by atoms with Gasteiger partial charge in [-0.2, -0.15) is 0 Å². The summed E-state index contributed by atoms with van der Waals surface area (Å²) in [5.74, 6) is 1.82. The highest BCUT2D eigenvalue weighted by atomic mass is 19.1. The third kappa shape index (κ3) is 4.22. The first kappa shape index (κ1) is 27.3. The Bertz CT molecular complexity index is 1960. The first-order valence-corrected chi connectivity index (χ1v) is 15.4. The maximum absolute atomic E-state index is 14.9. The van der Waals surface area contributed by atoms with Gasteiger partial charge in [0.15, 0.2) is 5.82 Å². The molecule has 2 aromatic carbocycles. The van der Waals surface area contributed by atoms with Gasteiger partial charge in [-0.05, 0) is 85.5 Å². The minimum atomic E-state index is -0.383. The van der Waals surface area contributed by atoms with E-state index in [-0.39, 0.29) is 30.4 Å². The van der Waals surface area contributed by atoms with Crippen LogP contribution < -0.4 is 10.5 Å². The molecule has 10 heteroatoms. The zero-order valence-electron chi connectivity index (χ0n) is 24.8. The second kappa shape index (κ2) is 10.1. The number of aryl methyl sites for hydroxylation is 1. The zero-order chi connectivity index (χ0) is 30.3. The van der Waals surface area contributed by atoms with Gasteiger partial charge >= 0.3 is 0 Å². The van der Waals surface area contributed by atoms with Crippen LogP contribution in [0.3, 0.4) is 0 Å². The van der Waals surface area contributed by atoms with Crippen LogP contribution in [-0.2, 0) is 20.2 Å². The standard InChI is InChI=1S/C34H35FN6O3/c1-39-31-26(12-22(14-29(31)44-2)34(43)41-16-21-7-10-27(41)30(21)36)38-33(39)28-13-20-6-9-25(23-11-19(17-42)5-8-24(23)35)37-32(20)40(28)15-18-3-4-18/h5-6,8-9,11-14,18,21,27,30,42H,3-4,7,10,15-17,36H2,1-2H3/t21-,27-,30-/m1/s1. The Hall–Kier alpha value is -4.28. The number of halogens is 1. The smallest absolute Gasteiger partial charge is 0.254 e. The number of ether oxygens (including phenoxy) is 1. The van der Waals surface area contributed by atoms with Gasteiger partial charge in [0.1, 0.15) is 22.7 Å². The summed E-state index contributed by atoms with van der Waals surface area (Å²) < 4.78 is 24.9. The molecule has 3 aromatic heterocycles. The number of nitrogens with zero attached hydrogens (tertiary/aromatic N) is 5. The predicted molar refractivity (Wildman–Crippen MR) is 166 cm³/mol.